The second-order valence-corrected chi connectivity index (χ2v) is 3.73. The summed E-state index contributed by atoms with van der Waals surface area (Å²) < 4.78 is 0. The summed E-state index contributed by atoms with van der Waals surface area (Å²) in [6, 6.07) is 8.28. The highest BCUT2D eigenvalue weighted by atomic mass is 14.7. The molecule has 0 bridgehead atoms. The molecule has 0 spiro atoms. The van der Waals surface area contributed by atoms with Crippen LogP contribution >= 0.6 is 0 Å². The largest absolute Gasteiger partial charge is 0.361 e. The topological polar surface area (TPSA) is 31.6 Å². The lowest BCUT2D eigenvalue weighted by molar-refractivity contribution is 1.28. The Kier molecular flexibility index (Phi) is 1.85. The maximum Gasteiger partial charge on any atom is 0.0416 e. The van der Waals surface area contributed by atoms with Crippen LogP contribution in [0.4, 0.5) is 0 Å². The second-order valence-electron chi connectivity index (χ2n) is 3.73. The standard InChI is InChI=1S/C13H12N2/c1-3-12(14-7-1)10-5-6-11(9-10)13-4-2-8-15-13/h1-8,14-15H,9H2. The number of H-pyrrole nitrogens is 2. The SMILES string of the molecule is C1=C(c2ccc[nH]2)CC(c2ccc[nH]2)=C1. The van der Waals surface area contributed by atoms with Crippen LogP contribution in [0.3, 0.4) is 0 Å². The molecule has 3 rings (SSSR count). The van der Waals surface area contributed by atoms with Gasteiger partial charge in [0.1, 0.15) is 0 Å². The van der Waals surface area contributed by atoms with Gasteiger partial charge in [0.15, 0.2) is 0 Å². The average Bonchev–Trinajstić information content (AvgIpc) is 3.02. The molecular weight excluding hydrogens is 184 g/mol. The van der Waals surface area contributed by atoms with Crippen molar-refractivity contribution < 1.29 is 0 Å². The molecule has 74 valence electrons. The molecule has 0 aromatic carbocycles. The van der Waals surface area contributed by atoms with Crippen molar-refractivity contribution in [2.45, 2.75) is 6.42 Å². The minimum absolute atomic E-state index is 1.00. The van der Waals surface area contributed by atoms with Gasteiger partial charge in [-0.25, -0.2) is 0 Å². The predicted octanol–water partition coefficient (Wildman–Crippen LogP) is 3.21. The van der Waals surface area contributed by atoms with Crippen LogP contribution in [-0.2, 0) is 0 Å². The van der Waals surface area contributed by atoms with Crippen molar-refractivity contribution in [3.63, 3.8) is 0 Å². The summed E-state index contributed by atoms with van der Waals surface area (Å²) in [5.74, 6) is 0. The van der Waals surface area contributed by atoms with Gasteiger partial charge in [-0.3, -0.25) is 0 Å². The molecular formula is C13H12N2. The molecule has 1 aliphatic rings. The third-order valence-corrected chi connectivity index (χ3v) is 2.75. The lowest BCUT2D eigenvalue weighted by Crippen LogP contribution is -1.84. The molecule has 0 amide bonds. The van der Waals surface area contributed by atoms with E-state index in [0.29, 0.717) is 0 Å². The predicted molar refractivity (Wildman–Crippen MR) is 62.2 cm³/mol. The zero-order chi connectivity index (χ0) is 10.1. The van der Waals surface area contributed by atoms with Crippen molar-refractivity contribution in [2.75, 3.05) is 0 Å². The molecule has 0 aliphatic heterocycles. The fraction of sp³-hybridized carbons (Fsp3) is 0.0769. The Morgan fingerprint density at radius 2 is 1.33 bits per heavy atom. The first-order valence-corrected chi connectivity index (χ1v) is 5.11. The van der Waals surface area contributed by atoms with Crippen molar-refractivity contribution in [3.05, 3.63) is 60.2 Å². The smallest absolute Gasteiger partial charge is 0.0416 e. The fourth-order valence-electron chi connectivity index (χ4n) is 1.95. The summed E-state index contributed by atoms with van der Waals surface area (Å²) >= 11 is 0. The summed E-state index contributed by atoms with van der Waals surface area (Å²) in [5.41, 5.74) is 5.13. The Morgan fingerprint density at radius 1 is 0.800 bits per heavy atom. The molecule has 2 heteroatoms. The van der Waals surface area contributed by atoms with E-state index in [0.717, 1.165) is 6.42 Å². The first kappa shape index (κ1) is 8.36. The third kappa shape index (κ3) is 1.44. The Labute approximate surface area is 88.3 Å². The highest BCUT2D eigenvalue weighted by Crippen LogP contribution is 2.32. The maximum atomic E-state index is 3.23. The van der Waals surface area contributed by atoms with E-state index in [1.54, 1.807) is 0 Å². The number of rotatable bonds is 2. The van der Waals surface area contributed by atoms with E-state index in [1.807, 2.05) is 24.5 Å². The van der Waals surface area contributed by atoms with Crippen LogP contribution in [0.25, 0.3) is 11.1 Å². The third-order valence-electron chi connectivity index (χ3n) is 2.75. The van der Waals surface area contributed by atoms with Crippen LogP contribution in [0, 0.1) is 0 Å². The number of aromatic nitrogens is 2. The zero-order valence-corrected chi connectivity index (χ0v) is 8.33. The van der Waals surface area contributed by atoms with Crippen LogP contribution < -0.4 is 0 Å². The van der Waals surface area contributed by atoms with Crippen molar-refractivity contribution in [1.82, 2.24) is 9.97 Å². The molecule has 0 atom stereocenters. The molecule has 15 heavy (non-hydrogen) atoms. The van der Waals surface area contributed by atoms with E-state index in [-0.39, 0.29) is 0 Å². The van der Waals surface area contributed by atoms with Gasteiger partial charge >= 0.3 is 0 Å². The van der Waals surface area contributed by atoms with Gasteiger partial charge < -0.3 is 9.97 Å². The van der Waals surface area contributed by atoms with Gasteiger partial charge in [0.2, 0.25) is 0 Å². The van der Waals surface area contributed by atoms with Crippen LogP contribution in [0.1, 0.15) is 17.8 Å². The van der Waals surface area contributed by atoms with E-state index < -0.39 is 0 Å². The van der Waals surface area contributed by atoms with Gasteiger partial charge in [0.25, 0.3) is 0 Å². The fourth-order valence-corrected chi connectivity index (χ4v) is 1.95. The summed E-state index contributed by atoms with van der Waals surface area (Å²) in [5, 5.41) is 0. The Balaban J connectivity index is 1.82. The monoisotopic (exact) mass is 196 g/mol. The molecule has 2 aromatic heterocycles. The molecule has 0 radical (unpaired) electrons. The van der Waals surface area contributed by atoms with Crippen molar-refractivity contribution >= 4 is 11.1 Å². The molecule has 0 saturated carbocycles. The van der Waals surface area contributed by atoms with Crippen molar-refractivity contribution in [1.29, 1.82) is 0 Å². The summed E-state index contributed by atoms with van der Waals surface area (Å²) in [6.07, 6.45) is 9.29. The lowest BCUT2D eigenvalue weighted by Gasteiger charge is -2.01. The Morgan fingerprint density at radius 3 is 1.73 bits per heavy atom. The quantitative estimate of drug-likeness (QED) is 0.739. The van der Waals surface area contributed by atoms with Crippen LogP contribution in [0.15, 0.2) is 48.8 Å². The molecule has 0 unspecified atom stereocenters. The van der Waals surface area contributed by atoms with E-state index >= 15 is 0 Å². The minimum atomic E-state index is 1.00. The highest BCUT2D eigenvalue weighted by Gasteiger charge is 2.12. The van der Waals surface area contributed by atoms with E-state index in [1.165, 1.54) is 22.5 Å². The van der Waals surface area contributed by atoms with Crippen LogP contribution in [0.2, 0.25) is 0 Å². The van der Waals surface area contributed by atoms with Gasteiger partial charge in [0.05, 0.1) is 0 Å². The average molecular weight is 196 g/mol. The number of allylic oxidation sites excluding steroid dienone is 4. The molecule has 2 nitrogen and oxygen atoms in total. The van der Waals surface area contributed by atoms with E-state index in [9.17, 15) is 0 Å². The zero-order valence-electron chi connectivity index (χ0n) is 8.33. The van der Waals surface area contributed by atoms with Gasteiger partial charge in [-0.2, -0.15) is 0 Å². The molecule has 0 fully saturated rings. The van der Waals surface area contributed by atoms with Gasteiger partial charge in [0, 0.05) is 30.2 Å². The maximum absolute atomic E-state index is 3.23. The molecule has 0 saturated heterocycles. The summed E-state index contributed by atoms with van der Waals surface area (Å²) in [6.45, 7) is 0. The number of hydrogen-bond donors (Lipinski definition) is 2. The highest BCUT2D eigenvalue weighted by molar-refractivity contribution is 5.84. The summed E-state index contributed by atoms with van der Waals surface area (Å²) in [4.78, 5) is 6.47. The second kappa shape index (κ2) is 3.31. The Hall–Kier alpha value is -1.96. The normalized spacial score (nSPS) is 15.2. The van der Waals surface area contributed by atoms with Gasteiger partial charge in [-0.1, -0.05) is 12.2 Å². The van der Waals surface area contributed by atoms with E-state index in [4.69, 9.17) is 0 Å². The first-order chi connectivity index (χ1) is 7.43. The molecule has 2 aromatic rings. The summed E-state index contributed by atoms with van der Waals surface area (Å²) in [7, 11) is 0. The van der Waals surface area contributed by atoms with Crippen LogP contribution in [-0.4, -0.2) is 9.97 Å². The molecule has 2 N–H and O–H groups in total. The number of hydrogen-bond acceptors (Lipinski definition) is 0. The van der Waals surface area contributed by atoms with Gasteiger partial charge in [-0.05, 0) is 35.4 Å². The van der Waals surface area contributed by atoms with Crippen molar-refractivity contribution in [3.8, 4) is 0 Å². The Bertz CT molecular complexity index is 450. The number of nitrogens with one attached hydrogen (secondary N) is 2. The van der Waals surface area contributed by atoms with E-state index in [2.05, 4.69) is 34.3 Å². The lowest BCUT2D eigenvalue weighted by atomic mass is 10.1. The molecule has 2 heterocycles. The minimum Gasteiger partial charge on any atom is -0.361 e. The van der Waals surface area contributed by atoms with Gasteiger partial charge in [-0.15, -0.1) is 0 Å². The number of aromatic amines is 2. The van der Waals surface area contributed by atoms with Crippen LogP contribution in [0.5, 0.6) is 0 Å². The molecule has 1 aliphatic carbocycles. The van der Waals surface area contributed by atoms with Crippen molar-refractivity contribution in [2.24, 2.45) is 0 Å². The first-order valence-electron chi connectivity index (χ1n) is 5.11.